The molecule has 0 fully saturated rings. The Morgan fingerprint density at radius 3 is 2.67 bits per heavy atom. The van der Waals surface area contributed by atoms with Crippen molar-refractivity contribution in [3.8, 4) is 5.75 Å². The van der Waals surface area contributed by atoms with E-state index < -0.39 is 8.32 Å². The van der Waals surface area contributed by atoms with Crippen molar-refractivity contribution in [1.82, 2.24) is 0 Å². The Bertz CT molecular complexity index is 786. The molecule has 2 aliphatic heterocycles. The maximum Gasteiger partial charge on any atom is 0.251 e. The van der Waals surface area contributed by atoms with Crippen molar-refractivity contribution in [2.24, 2.45) is 0 Å². The Labute approximate surface area is 181 Å². The molecule has 0 unspecified atom stereocenters. The first-order valence-corrected chi connectivity index (χ1v) is 13.5. The van der Waals surface area contributed by atoms with Gasteiger partial charge in [-0.15, -0.1) is 0 Å². The maximum atomic E-state index is 12.9. The van der Waals surface area contributed by atoms with E-state index in [9.17, 15) is 4.79 Å². The minimum atomic E-state index is -1.96. The average molecular weight is 434 g/mol. The van der Waals surface area contributed by atoms with Gasteiger partial charge < -0.3 is 23.5 Å². The third-order valence-electron chi connectivity index (χ3n) is 6.36. The van der Waals surface area contributed by atoms with E-state index in [-0.39, 0.29) is 29.9 Å². The van der Waals surface area contributed by atoms with Crippen molar-refractivity contribution in [1.29, 1.82) is 0 Å². The zero-order chi connectivity index (χ0) is 21.9. The largest absolute Gasteiger partial charge is 0.468 e. The first kappa shape index (κ1) is 23.0. The number of benzene rings is 1. The van der Waals surface area contributed by atoms with Gasteiger partial charge >= 0.3 is 0 Å². The Hall–Kier alpha value is -1.67. The molecule has 1 amide bonds. The predicted octanol–water partition coefficient (Wildman–Crippen LogP) is 4.29. The summed E-state index contributed by atoms with van der Waals surface area (Å²) >= 11 is 0. The van der Waals surface area contributed by atoms with Crippen molar-refractivity contribution in [3.63, 3.8) is 0 Å². The molecule has 2 aliphatic rings. The van der Waals surface area contributed by atoms with Crippen molar-refractivity contribution in [3.05, 3.63) is 35.9 Å². The van der Waals surface area contributed by atoms with Crippen LogP contribution in [0.15, 0.2) is 30.4 Å². The van der Waals surface area contributed by atoms with E-state index in [4.69, 9.17) is 18.6 Å². The molecular formula is C23H35NO5Si. The van der Waals surface area contributed by atoms with Gasteiger partial charge in [-0.2, -0.15) is 0 Å². The van der Waals surface area contributed by atoms with E-state index in [2.05, 4.69) is 33.9 Å². The highest BCUT2D eigenvalue weighted by molar-refractivity contribution is 6.74. The summed E-state index contributed by atoms with van der Waals surface area (Å²) in [6.45, 7) is 12.5. The van der Waals surface area contributed by atoms with E-state index in [1.807, 2.05) is 29.2 Å². The van der Waals surface area contributed by atoms with Crippen LogP contribution < -0.4 is 9.64 Å². The Balaban J connectivity index is 1.76. The molecule has 0 spiro atoms. The predicted molar refractivity (Wildman–Crippen MR) is 121 cm³/mol. The number of ether oxygens (including phenoxy) is 3. The molecule has 0 radical (unpaired) electrons. The fourth-order valence-electron chi connectivity index (χ4n) is 3.66. The summed E-state index contributed by atoms with van der Waals surface area (Å²) in [5.74, 6) is 0.769. The SMILES string of the molecule is COCCOCOc1ccc2c(c1)C[C@H]1[C@H](O[Si](C)(C)C(C)(C)C)CC=CC(=O)N21. The molecule has 2 atom stereocenters. The normalized spacial score (nSPS) is 21.4. The maximum absolute atomic E-state index is 12.9. The molecule has 7 heteroatoms. The molecule has 2 heterocycles. The van der Waals surface area contributed by atoms with E-state index in [1.165, 1.54) is 0 Å². The number of carbonyl (C=O) groups is 1. The number of hydrogen-bond acceptors (Lipinski definition) is 5. The number of rotatable bonds is 8. The second-order valence-corrected chi connectivity index (χ2v) is 14.2. The Kier molecular flexibility index (Phi) is 7.07. The van der Waals surface area contributed by atoms with Gasteiger partial charge in [0.2, 0.25) is 0 Å². The van der Waals surface area contributed by atoms with Gasteiger partial charge in [-0.05, 0) is 60.8 Å². The minimum absolute atomic E-state index is 0.00447. The molecule has 0 aliphatic carbocycles. The summed E-state index contributed by atoms with van der Waals surface area (Å²) < 4.78 is 22.9. The number of hydrogen-bond donors (Lipinski definition) is 0. The zero-order valence-electron chi connectivity index (χ0n) is 19.1. The van der Waals surface area contributed by atoms with Crippen LogP contribution in [0.4, 0.5) is 5.69 Å². The molecule has 0 N–H and O–H groups in total. The summed E-state index contributed by atoms with van der Waals surface area (Å²) in [5.41, 5.74) is 2.06. The third-order valence-corrected chi connectivity index (χ3v) is 10.9. The van der Waals surface area contributed by atoms with Gasteiger partial charge in [-0.1, -0.05) is 26.8 Å². The van der Waals surface area contributed by atoms with Gasteiger partial charge in [0.15, 0.2) is 15.1 Å². The summed E-state index contributed by atoms with van der Waals surface area (Å²) in [5, 5.41) is 0.118. The van der Waals surface area contributed by atoms with Gasteiger partial charge in [0.25, 0.3) is 5.91 Å². The van der Waals surface area contributed by atoms with Gasteiger partial charge in [0.05, 0.1) is 25.4 Å². The summed E-state index contributed by atoms with van der Waals surface area (Å²) in [6, 6.07) is 5.89. The van der Waals surface area contributed by atoms with Crippen LogP contribution in [0.3, 0.4) is 0 Å². The topological polar surface area (TPSA) is 57.2 Å². The molecule has 6 nitrogen and oxygen atoms in total. The molecule has 3 rings (SSSR count). The second kappa shape index (κ2) is 9.22. The molecule has 166 valence electrons. The fourth-order valence-corrected chi connectivity index (χ4v) is 5.02. The molecule has 0 saturated heterocycles. The van der Waals surface area contributed by atoms with Gasteiger partial charge in [-0.25, -0.2) is 0 Å². The lowest BCUT2D eigenvalue weighted by atomic mass is 10.0. The average Bonchev–Trinajstić information content (AvgIpc) is 2.97. The smallest absolute Gasteiger partial charge is 0.251 e. The monoisotopic (exact) mass is 433 g/mol. The van der Waals surface area contributed by atoms with Crippen LogP contribution in [0, 0.1) is 0 Å². The van der Waals surface area contributed by atoms with Crippen LogP contribution in [-0.2, 0) is 25.1 Å². The van der Waals surface area contributed by atoms with Gasteiger partial charge in [-0.3, -0.25) is 4.79 Å². The lowest BCUT2D eigenvalue weighted by Gasteiger charge is -2.41. The summed E-state index contributed by atoms with van der Waals surface area (Å²) in [6.07, 6.45) is 5.16. The summed E-state index contributed by atoms with van der Waals surface area (Å²) in [4.78, 5) is 14.8. The molecule has 0 bridgehead atoms. The highest BCUT2D eigenvalue weighted by Crippen LogP contribution is 2.42. The lowest BCUT2D eigenvalue weighted by molar-refractivity contribution is -0.114. The first-order valence-electron chi connectivity index (χ1n) is 10.6. The number of nitrogens with zero attached hydrogens (tertiary/aromatic N) is 1. The zero-order valence-corrected chi connectivity index (χ0v) is 20.1. The van der Waals surface area contributed by atoms with Crippen molar-refractivity contribution < 1.29 is 23.4 Å². The van der Waals surface area contributed by atoms with Crippen molar-refractivity contribution >= 4 is 19.9 Å². The van der Waals surface area contributed by atoms with E-state index in [0.717, 1.165) is 29.8 Å². The van der Waals surface area contributed by atoms with Crippen molar-refractivity contribution in [2.45, 2.75) is 63.9 Å². The number of methoxy groups -OCH3 is 1. The number of anilines is 1. The van der Waals surface area contributed by atoms with Gasteiger partial charge in [0, 0.05) is 12.8 Å². The number of carbonyl (C=O) groups excluding carboxylic acids is 1. The highest BCUT2D eigenvalue weighted by Gasteiger charge is 2.45. The van der Waals surface area contributed by atoms with Crippen LogP contribution in [-0.4, -0.2) is 53.5 Å². The Morgan fingerprint density at radius 1 is 1.20 bits per heavy atom. The molecule has 1 aromatic carbocycles. The van der Waals surface area contributed by atoms with E-state index >= 15 is 0 Å². The lowest BCUT2D eigenvalue weighted by Crippen LogP contribution is -2.51. The first-order chi connectivity index (χ1) is 14.1. The molecule has 30 heavy (non-hydrogen) atoms. The second-order valence-electron chi connectivity index (χ2n) is 9.49. The fraction of sp³-hybridized carbons (Fsp3) is 0.609. The summed E-state index contributed by atoms with van der Waals surface area (Å²) in [7, 11) is -0.324. The van der Waals surface area contributed by atoms with Crippen LogP contribution in [0.1, 0.15) is 32.8 Å². The highest BCUT2D eigenvalue weighted by atomic mass is 28.4. The number of amides is 1. The quantitative estimate of drug-likeness (QED) is 0.348. The molecular weight excluding hydrogens is 398 g/mol. The minimum Gasteiger partial charge on any atom is -0.468 e. The third kappa shape index (κ3) is 4.96. The molecule has 0 aromatic heterocycles. The molecule has 0 saturated carbocycles. The van der Waals surface area contributed by atoms with Crippen LogP contribution in [0.5, 0.6) is 5.75 Å². The number of fused-ring (bicyclic) bond motifs is 3. The van der Waals surface area contributed by atoms with Crippen LogP contribution in [0.25, 0.3) is 0 Å². The van der Waals surface area contributed by atoms with Gasteiger partial charge in [0.1, 0.15) is 5.75 Å². The Morgan fingerprint density at radius 2 is 1.97 bits per heavy atom. The van der Waals surface area contributed by atoms with E-state index in [0.29, 0.717) is 13.2 Å². The van der Waals surface area contributed by atoms with E-state index in [1.54, 1.807) is 13.2 Å². The standard InChI is InChI=1S/C23H35NO5Si/c1-23(2,3)30(5,6)29-21-8-7-9-22(25)24-19-11-10-18(14-17(19)15-20(21)24)28-16-27-13-12-26-4/h7,9-11,14,20-21H,8,12-13,15-16H2,1-6H3/t20-,21+/m0/s1. The van der Waals surface area contributed by atoms with Crippen LogP contribution in [0.2, 0.25) is 18.1 Å². The van der Waals surface area contributed by atoms with Crippen LogP contribution >= 0.6 is 0 Å². The molecule has 1 aromatic rings. The van der Waals surface area contributed by atoms with Crippen molar-refractivity contribution in [2.75, 3.05) is 32.0 Å².